The van der Waals surface area contributed by atoms with Crippen LogP contribution in [0.1, 0.15) is 122 Å². The molecule has 4 saturated heterocycles. The Kier molecular flexibility index (Phi) is 12.7. The van der Waals surface area contributed by atoms with Crippen molar-refractivity contribution >= 4 is 23.1 Å². The van der Waals surface area contributed by atoms with E-state index in [1.165, 1.54) is 22.3 Å². The van der Waals surface area contributed by atoms with Gasteiger partial charge in [0.05, 0.1) is 72.5 Å². The third-order valence-corrected chi connectivity index (χ3v) is 26.9. The second-order valence-electron chi connectivity index (χ2n) is 29.8. The number of rotatable bonds is 4. The highest BCUT2D eigenvalue weighted by Gasteiger charge is 2.77. The van der Waals surface area contributed by atoms with Gasteiger partial charge in [-0.2, -0.15) is 0 Å². The zero-order valence-electron chi connectivity index (χ0n) is 53.9. The minimum absolute atomic E-state index is 0.0438. The second kappa shape index (κ2) is 19.6. The van der Waals surface area contributed by atoms with E-state index in [0.29, 0.717) is 97.4 Å². The van der Waals surface area contributed by atoms with Gasteiger partial charge in [0.1, 0.15) is 0 Å². The number of aliphatic hydroxyl groups is 4. The molecule has 4 spiro atoms. The molecule has 8 aliphatic heterocycles. The van der Waals surface area contributed by atoms with Gasteiger partial charge in [0, 0.05) is 72.1 Å². The lowest BCUT2D eigenvalue weighted by molar-refractivity contribution is -0.185. The highest BCUT2D eigenvalue weighted by atomic mass is 16.6. The number of Topliss-reactive ketones (excluding diaryl/α,β-unsaturated/α-hetero) is 4. The predicted octanol–water partition coefficient (Wildman–Crippen LogP) is 4.19. The monoisotopic (exact) mass is 1260 g/mol. The number of ether oxygens (including phenoxy) is 8. The molecular weight excluding hydrogens is 1180 g/mol. The van der Waals surface area contributed by atoms with Crippen LogP contribution in [0.5, 0.6) is 46.0 Å². The van der Waals surface area contributed by atoms with Crippen molar-refractivity contribution in [2.45, 2.75) is 195 Å². The number of hydrogen-bond donors (Lipinski definition) is 4. The molecule has 20 rings (SSSR count). The SMILES string of the molecule is COc1ccc2c3c1O[C@H]1C(=O)CC[C@@]4(O)[C@@H](C2)N(C)CC[C@]314.COc1ccc2c3c1O[C@H]1C(=O)CC[C@@]4(O)[C@@H](C2)N(C)CC[C@]314.COc1ccc2c3c1O[C@H]1C(=O)CC[C@@]4(O)[C@@H](C2)N(C)CC[C@]314.COc1ccc2c3c1O[C@H]1C(=O)CC[C@@]4(O)[C@@H](C2)N(C)CC[C@]314. The molecule has 20 heteroatoms. The average Bonchev–Trinajstić information content (AvgIpc) is 1.40. The van der Waals surface area contributed by atoms with Crippen LogP contribution in [0.4, 0.5) is 0 Å². The normalized spacial score (nSPS) is 40.6. The highest BCUT2D eigenvalue weighted by molar-refractivity contribution is 5.93. The number of hydrogen-bond acceptors (Lipinski definition) is 20. The Morgan fingerprint density at radius 3 is 0.750 bits per heavy atom. The molecule has 0 amide bonds. The molecule has 488 valence electrons. The summed E-state index contributed by atoms with van der Waals surface area (Å²) in [5.41, 5.74) is 2.95. The molecule has 16 atom stereocenters. The van der Waals surface area contributed by atoms with Crippen LogP contribution in [-0.2, 0) is 66.5 Å². The third kappa shape index (κ3) is 6.81. The maximum absolute atomic E-state index is 12.7. The number of nitrogens with zero attached hydrogens (tertiary/aromatic N) is 4. The van der Waals surface area contributed by atoms with E-state index in [0.717, 1.165) is 99.8 Å². The minimum Gasteiger partial charge on any atom is -0.493 e. The Bertz CT molecular complexity index is 3420. The van der Waals surface area contributed by atoms with Crippen LogP contribution in [0.3, 0.4) is 0 Å². The van der Waals surface area contributed by atoms with E-state index in [2.05, 4.69) is 72.1 Å². The zero-order chi connectivity index (χ0) is 63.9. The molecule has 0 aromatic heterocycles. The molecule has 8 aliphatic carbocycles. The summed E-state index contributed by atoms with van der Waals surface area (Å²) in [6.07, 6.45) is 7.57. The van der Waals surface area contributed by atoms with E-state index in [1.54, 1.807) is 28.4 Å². The van der Waals surface area contributed by atoms with Crippen LogP contribution in [-0.4, -0.2) is 217 Å². The molecule has 8 bridgehead atoms. The van der Waals surface area contributed by atoms with Gasteiger partial charge in [-0.3, -0.25) is 19.2 Å². The summed E-state index contributed by atoms with van der Waals surface area (Å²) in [6, 6.07) is 16.2. The fraction of sp³-hybridized carbons (Fsp3) is 0.611. The van der Waals surface area contributed by atoms with Crippen LogP contribution < -0.4 is 37.9 Å². The third-order valence-electron chi connectivity index (χ3n) is 26.9. The first-order valence-electron chi connectivity index (χ1n) is 33.4. The molecule has 16 aliphatic rings. The van der Waals surface area contributed by atoms with Crippen LogP contribution >= 0.6 is 0 Å². The molecule has 92 heavy (non-hydrogen) atoms. The van der Waals surface area contributed by atoms with E-state index in [1.807, 2.05) is 24.3 Å². The summed E-state index contributed by atoms with van der Waals surface area (Å²) in [7, 11) is 14.8. The molecule has 0 unspecified atom stereocenters. The number of ketones is 4. The quantitative estimate of drug-likeness (QED) is 0.224. The number of likely N-dealkylation sites (N-methyl/N-ethyl adjacent to an activating group) is 4. The van der Waals surface area contributed by atoms with Crippen molar-refractivity contribution in [3.05, 3.63) is 93.0 Å². The molecule has 20 nitrogen and oxygen atoms in total. The van der Waals surface area contributed by atoms with Crippen molar-refractivity contribution in [3.63, 3.8) is 0 Å². The number of carbonyl (C=O) groups excluding carboxylic acids is 4. The van der Waals surface area contributed by atoms with Gasteiger partial charge in [0.2, 0.25) is 0 Å². The molecule has 4 N–H and O–H groups in total. The van der Waals surface area contributed by atoms with E-state index >= 15 is 0 Å². The fourth-order valence-corrected chi connectivity index (χ4v) is 22.7. The van der Waals surface area contributed by atoms with Gasteiger partial charge in [-0.25, -0.2) is 0 Å². The van der Waals surface area contributed by atoms with E-state index in [4.69, 9.17) is 37.9 Å². The Morgan fingerprint density at radius 1 is 0.348 bits per heavy atom. The smallest absolute Gasteiger partial charge is 0.174 e. The largest absolute Gasteiger partial charge is 0.493 e. The lowest BCUT2D eigenvalue weighted by atomic mass is 9.49. The van der Waals surface area contributed by atoms with Crippen LogP contribution in [0, 0.1) is 0 Å². The molecule has 4 aromatic rings. The second-order valence-corrected chi connectivity index (χ2v) is 29.8. The fourth-order valence-electron chi connectivity index (χ4n) is 22.7. The number of methoxy groups -OCH3 is 4. The van der Waals surface area contributed by atoms with Crippen molar-refractivity contribution in [2.75, 3.05) is 82.8 Å². The predicted molar refractivity (Wildman–Crippen MR) is 332 cm³/mol. The number of benzene rings is 4. The number of carbonyl (C=O) groups is 4. The van der Waals surface area contributed by atoms with Gasteiger partial charge >= 0.3 is 0 Å². The topological polar surface area (TPSA) is 236 Å². The van der Waals surface area contributed by atoms with Crippen molar-refractivity contribution in [1.29, 1.82) is 0 Å². The van der Waals surface area contributed by atoms with Crippen LogP contribution in [0.15, 0.2) is 48.5 Å². The van der Waals surface area contributed by atoms with Crippen LogP contribution in [0.25, 0.3) is 0 Å². The van der Waals surface area contributed by atoms with Crippen molar-refractivity contribution in [3.8, 4) is 46.0 Å². The first-order chi connectivity index (χ1) is 44.1. The molecule has 0 radical (unpaired) electrons. The number of piperidine rings is 4. The Labute approximate surface area is 535 Å². The molecule has 4 saturated carbocycles. The van der Waals surface area contributed by atoms with Gasteiger partial charge in [-0.05, 0) is 178 Å². The standard InChI is InChI=1S/4C18H21NO4/c4*1-19-8-7-17-14-10-3-4-12(22-2)15(14)23-16(17)11(20)5-6-18(17,21)13(19)9-10/h4*3-4,13,16,21H,5-9H2,1-2H3/t4*13-,16+,17+,18-/m1111/s1. The highest BCUT2D eigenvalue weighted by Crippen LogP contribution is 2.69. The lowest BCUT2D eigenvalue weighted by Crippen LogP contribution is -2.76. The van der Waals surface area contributed by atoms with Gasteiger partial charge in [0.25, 0.3) is 0 Å². The summed E-state index contributed by atoms with van der Waals surface area (Å²) in [6.45, 7) is 3.48. The molecule has 4 aromatic carbocycles. The zero-order valence-corrected chi connectivity index (χ0v) is 53.9. The first kappa shape index (κ1) is 59.4. The van der Waals surface area contributed by atoms with Crippen molar-refractivity contribution < 1.29 is 77.5 Å². The molecule has 8 fully saturated rings. The maximum atomic E-state index is 12.7. The van der Waals surface area contributed by atoms with Gasteiger partial charge in [0.15, 0.2) is 93.5 Å². The van der Waals surface area contributed by atoms with E-state index < -0.39 is 68.5 Å². The van der Waals surface area contributed by atoms with Crippen LogP contribution in [0.2, 0.25) is 0 Å². The summed E-state index contributed by atoms with van der Waals surface area (Å²) in [5.74, 6) is 5.87. The summed E-state index contributed by atoms with van der Waals surface area (Å²) < 4.78 is 46.5. The average molecular weight is 1260 g/mol. The van der Waals surface area contributed by atoms with Crippen molar-refractivity contribution in [2.24, 2.45) is 0 Å². The van der Waals surface area contributed by atoms with Gasteiger partial charge in [-0.15, -0.1) is 0 Å². The minimum atomic E-state index is -0.900. The molecular formula is C72H84N4O16. The van der Waals surface area contributed by atoms with E-state index in [-0.39, 0.29) is 47.3 Å². The Hall–Kier alpha value is -6.36. The summed E-state index contributed by atoms with van der Waals surface area (Å²) in [4.78, 5) is 59.6. The Balaban J connectivity index is 0.0000000939. The first-order valence-corrected chi connectivity index (χ1v) is 33.4. The van der Waals surface area contributed by atoms with E-state index in [9.17, 15) is 39.6 Å². The summed E-state index contributed by atoms with van der Waals surface area (Å²) >= 11 is 0. The number of likely N-dealkylation sites (tertiary alicyclic amines) is 4. The maximum Gasteiger partial charge on any atom is 0.174 e. The van der Waals surface area contributed by atoms with Crippen molar-refractivity contribution in [1.82, 2.24) is 19.6 Å². The van der Waals surface area contributed by atoms with Gasteiger partial charge < -0.3 is 77.9 Å². The molecule has 8 heterocycles. The Morgan fingerprint density at radius 2 is 0.554 bits per heavy atom. The van der Waals surface area contributed by atoms with Gasteiger partial charge in [-0.1, -0.05) is 24.3 Å². The lowest BCUT2D eigenvalue weighted by Gasteiger charge is -2.62. The summed E-state index contributed by atoms with van der Waals surface area (Å²) in [5, 5.41) is 47.0.